The molecule has 2 aromatic rings. The summed E-state index contributed by atoms with van der Waals surface area (Å²) in [4.78, 5) is 36.0. The lowest BCUT2D eigenvalue weighted by Gasteiger charge is -2.31. The molecule has 1 fully saturated rings. The third-order valence-electron chi connectivity index (χ3n) is 5.12. The third kappa shape index (κ3) is 4.97. The van der Waals surface area contributed by atoms with Crippen LogP contribution in [0.3, 0.4) is 0 Å². The number of hydrogen-bond acceptors (Lipinski definition) is 4. The Kier molecular flexibility index (Phi) is 6.42. The van der Waals surface area contributed by atoms with Crippen LogP contribution in [0.4, 0.5) is 5.69 Å². The van der Waals surface area contributed by atoms with E-state index in [1.165, 1.54) is 0 Å². The molecule has 2 aromatic carbocycles. The Labute approximate surface area is 164 Å². The third-order valence-corrected chi connectivity index (χ3v) is 5.12. The van der Waals surface area contributed by atoms with E-state index in [1.807, 2.05) is 30.3 Å². The molecule has 0 radical (unpaired) electrons. The van der Waals surface area contributed by atoms with Gasteiger partial charge < -0.3 is 20.5 Å². The van der Waals surface area contributed by atoms with Gasteiger partial charge in [0.2, 0.25) is 5.91 Å². The number of carbonyl (C=O) groups excluding carboxylic acids is 3. The number of hydrogen-bond donors (Lipinski definition) is 2. The Morgan fingerprint density at radius 1 is 0.893 bits per heavy atom. The number of anilines is 1. The molecule has 1 aliphatic carbocycles. The van der Waals surface area contributed by atoms with E-state index < -0.39 is 17.8 Å². The standard InChI is InChI=1S/C22H24N2O4/c25-20(23-14-15-6-2-1-3-7-15)16-10-12-17(13-11-16)24-21(26)18-8-4-5-9-19(18)22(27)28/h1-3,6-7,10-13,18-19H,4-5,8-9,14H2,(H,23,25)(H,24,26)(H,27,28)/p-1/t18-,19+/m1/s1. The van der Waals surface area contributed by atoms with Gasteiger partial charge in [0.25, 0.3) is 5.91 Å². The largest absolute Gasteiger partial charge is 0.550 e. The number of benzene rings is 2. The predicted octanol–water partition coefficient (Wildman–Crippen LogP) is 2.11. The summed E-state index contributed by atoms with van der Waals surface area (Å²) >= 11 is 0. The number of nitrogens with one attached hydrogen (secondary N) is 2. The van der Waals surface area contributed by atoms with Crippen LogP contribution in [0, 0.1) is 11.8 Å². The molecular formula is C22H23N2O4-. The summed E-state index contributed by atoms with van der Waals surface area (Å²) in [7, 11) is 0. The molecule has 3 rings (SSSR count). The van der Waals surface area contributed by atoms with Crippen molar-refractivity contribution in [2.45, 2.75) is 32.2 Å². The molecule has 6 heteroatoms. The number of carbonyl (C=O) groups is 3. The predicted molar refractivity (Wildman–Crippen MR) is 103 cm³/mol. The maximum atomic E-state index is 12.5. The molecule has 0 saturated heterocycles. The lowest BCUT2D eigenvalue weighted by molar-refractivity contribution is -0.313. The molecule has 2 amide bonds. The molecule has 0 heterocycles. The van der Waals surface area contributed by atoms with Crippen molar-refractivity contribution < 1.29 is 19.5 Å². The van der Waals surface area contributed by atoms with E-state index in [-0.39, 0.29) is 11.8 Å². The van der Waals surface area contributed by atoms with Crippen molar-refractivity contribution in [2.75, 3.05) is 5.32 Å². The minimum atomic E-state index is -1.16. The number of carboxylic acids is 1. The quantitative estimate of drug-likeness (QED) is 0.803. The Morgan fingerprint density at radius 2 is 1.54 bits per heavy atom. The van der Waals surface area contributed by atoms with Crippen molar-refractivity contribution in [2.24, 2.45) is 11.8 Å². The van der Waals surface area contributed by atoms with Gasteiger partial charge in [0.1, 0.15) is 0 Å². The van der Waals surface area contributed by atoms with Crippen LogP contribution in [0.25, 0.3) is 0 Å². The van der Waals surface area contributed by atoms with Gasteiger partial charge in [-0.3, -0.25) is 9.59 Å². The van der Waals surface area contributed by atoms with Gasteiger partial charge in [-0.2, -0.15) is 0 Å². The van der Waals surface area contributed by atoms with E-state index in [9.17, 15) is 19.5 Å². The lowest BCUT2D eigenvalue weighted by Crippen LogP contribution is -2.42. The summed E-state index contributed by atoms with van der Waals surface area (Å²) in [6.07, 6.45) is 2.66. The van der Waals surface area contributed by atoms with Crippen LogP contribution < -0.4 is 15.7 Å². The molecule has 0 spiro atoms. The van der Waals surface area contributed by atoms with E-state index >= 15 is 0 Å². The Bertz CT molecular complexity index is 833. The first kappa shape index (κ1) is 19.6. The second-order valence-electron chi connectivity index (χ2n) is 7.05. The van der Waals surface area contributed by atoms with E-state index in [4.69, 9.17) is 0 Å². The van der Waals surface area contributed by atoms with Gasteiger partial charge in [-0.1, -0.05) is 43.2 Å². The van der Waals surface area contributed by atoms with Crippen molar-refractivity contribution in [3.8, 4) is 0 Å². The van der Waals surface area contributed by atoms with E-state index in [0.717, 1.165) is 18.4 Å². The van der Waals surface area contributed by atoms with E-state index in [0.29, 0.717) is 30.6 Å². The van der Waals surface area contributed by atoms with Gasteiger partial charge in [0.15, 0.2) is 0 Å². The van der Waals surface area contributed by atoms with Crippen LogP contribution in [0.5, 0.6) is 0 Å². The number of rotatable bonds is 6. The van der Waals surface area contributed by atoms with Gasteiger partial charge in [-0.05, 0) is 42.7 Å². The topological polar surface area (TPSA) is 98.3 Å². The fourth-order valence-corrected chi connectivity index (χ4v) is 3.55. The van der Waals surface area contributed by atoms with Gasteiger partial charge in [0.05, 0.1) is 0 Å². The maximum Gasteiger partial charge on any atom is 0.251 e. The lowest BCUT2D eigenvalue weighted by atomic mass is 9.78. The second-order valence-corrected chi connectivity index (χ2v) is 7.05. The molecule has 0 aromatic heterocycles. The minimum Gasteiger partial charge on any atom is -0.550 e. The summed E-state index contributed by atoms with van der Waals surface area (Å²) < 4.78 is 0. The number of amides is 2. The van der Waals surface area contributed by atoms with Crippen molar-refractivity contribution in [1.29, 1.82) is 0 Å². The Morgan fingerprint density at radius 3 is 2.18 bits per heavy atom. The summed E-state index contributed by atoms with van der Waals surface area (Å²) in [5, 5.41) is 16.9. The minimum absolute atomic E-state index is 0.203. The zero-order valence-electron chi connectivity index (χ0n) is 15.5. The molecule has 2 N–H and O–H groups in total. The molecule has 2 atom stereocenters. The van der Waals surface area contributed by atoms with E-state index in [1.54, 1.807) is 24.3 Å². The first-order valence-electron chi connectivity index (χ1n) is 9.48. The summed E-state index contributed by atoms with van der Waals surface area (Å²) in [5.74, 6) is -2.99. The second kappa shape index (κ2) is 9.17. The summed E-state index contributed by atoms with van der Waals surface area (Å²) in [6.45, 7) is 0.435. The average Bonchev–Trinajstić information content (AvgIpc) is 2.73. The highest BCUT2D eigenvalue weighted by molar-refractivity contribution is 5.97. The molecule has 0 unspecified atom stereocenters. The first-order valence-corrected chi connectivity index (χ1v) is 9.48. The molecule has 0 bridgehead atoms. The van der Waals surface area contributed by atoms with Crippen LogP contribution >= 0.6 is 0 Å². The van der Waals surface area contributed by atoms with Crippen molar-refractivity contribution in [3.05, 3.63) is 65.7 Å². The SMILES string of the molecule is O=C(NCc1ccccc1)c1ccc(NC(=O)[C@@H]2CCCC[C@@H]2C(=O)[O-])cc1. The molecular weight excluding hydrogens is 356 g/mol. The van der Waals surface area contributed by atoms with Crippen molar-refractivity contribution >= 4 is 23.5 Å². The first-order chi connectivity index (χ1) is 13.5. The summed E-state index contributed by atoms with van der Waals surface area (Å²) in [6, 6.07) is 16.2. The van der Waals surface area contributed by atoms with Crippen molar-refractivity contribution in [1.82, 2.24) is 5.32 Å². The van der Waals surface area contributed by atoms with Crippen LogP contribution in [0.1, 0.15) is 41.6 Å². The van der Waals surface area contributed by atoms with Gasteiger partial charge >= 0.3 is 0 Å². The van der Waals surface area contributed by atoms with Crippen molar-refractivity contribution in [3.63, 3.8) is 0 Å². The summed E-state index contributed by atoms with van der Waals surface area (Å²) in [5.41, 5.74) is 2.03. The maximum absolute atomic E-state index is 12.5. The molecule has 1 aliphatic rings. The van der Waals surface area contributed by atoms with Crippen LogP contribution in [0.2, 0.25) is 0 Å². The Hall–Kier alpha value is -3.15. The highest BCUT2D eigenvalue weighted by Crippen LogP contribution is 2.30. The molecule has 1 saturated carbocycles. The average molecular weight is 379 g/mol. The van der Waals surface area contributed by atoms with Crippen LogP contribution in [-0.4, -0.2) is 17.8 Å². The van der Waals surface area contributed by atoms with Gasteiger partial charge in [-0.25, -0.2) is 0 Å². The fourth-order valence-electron chi connectivity index (χ4n) is 3.55. The highest BCUT2D eigenvalue weighted by Gasteiger charge is 2.31. The molecule has 0 aliphatic heterocycles. The fraction of sp³-hybridized carbons (Fsp3) is 0.318. The van der Waals surface area contributed by atoms with Gasteiger partial charge in [0, 0.05) is 35.6 Å². The smallest absolute Gasteiger partial charge is 0.251 e. The highest BCUT2D eigenvalue weighted by atomic mass is 16.4. The molecule has 28 heavy (non-hydrogen) atoms. The zero-order chi connectivity index (χ0) is 19.9. The normalized spacial score (nSPS) is 18.9. The van der Waals surface area contributed by atoms with Crippen LogP contribution in [0.15, 0.2) is 54.6 Å². The Balaban J connectivity index is 1.57. The number of aliphatic carboxylic acids is 1. The zero-order valence-corrected chi connectivity index (χ0v) is 15.5. The van der Waals surface area contributed by atoms with Gasteiger partial charge in [-0.15, -0.1) is 0 Å². The number of carboxylic acid groups (broad SMARTS) is 1. The van der Waals surface area contributed by atoms with Crippen LogP contribution in [-0.2, 0) is 16.1 Å². The molecule has 146 valence electrons. The monoisotopic (exact) mass is 379 g/mol. The molecule has 6 nitrogen and oxygen atoms in total. The van der Waals surface area contributed by atoms with E-state index in [2.05, 4.69) is 10.6 Å².